The van der Waals surface area contributed by atoms with Crippen molar-refractivity contribution in [3.63, 3.8) is 0 Å². The van der Waals surface area contributed by atoms with Crippen LogP contribution in [-0.2, 0) is 4.79 Å². The molecule has 1 aliphatic rings. The summed E-state index contributed by atoms with van der Waals surface area (Å²) in [6.07, 6.45) is 0. The van der Waals surface area contributed by atoms with Crippen LogP contribution in [0.15, 0.2) is 24.3 Å². The molecule has 22 heavy (non-hydrogen) atoms. The summed E-state index contributed by atoms with van der Waals surface area (Å²) in [5.41, 5.74) is 0. The molecule has 0 spiro atoms. The number of hydrogen-bond donors (Lipinski definition) is 1. The number of benzene rings is 1. The van der Waals surface area contributed by atoms with Gasteiger partial charge in [-0.3, -0.25) is 4.79 Å². The third-order valence-corrected chi connectivity index (χ3v) is 3.72. The highest BCUT2D eigenvalue weighted by Gasteiger charge is 2.21. The van der Waals surface area contributed by atoms with Crippen molar-refractivity contribution >= 4 is 23.5 Å². The number of rotatable bonds is 4. The molecule has 0 aromatic heterocycles. The molecule has 3 amide bonds. The minimum Gasteiger partial charge on any atom is -0.492 e. The van der Waals surface area contributed by atoms with E-state index in [1.807, 2.05) is 0 Å². The number of carbonyl (C=O) groups is 2. The molecule has 1 aromatic rings. The normalized spacial score (nSPS) is 14.6. The number of halogens is 1. The topological polar surface area (TPSA) is 61.9 Å². The first-order valence-electron chi connectivity index (χ1n) is 7.23. The number of ether oxygens (including phenoxy) is 1. The lowest BCUT2D eigenvalue weighted by Gasteiger charge is -2.34. The van der Waals surface area contributed by atoms with Crippen LogP contribution in [-0.4, -0.2) is 61.1 Å². The Bertz CT molecular complexity index is 513. The van der Waals surface area contributed by atoms with Gasteiger partial charge in [0.25, 0.3) is 0 Å². The van der Waals surface area contributed by atoms with E-state index >= 15 is 0 Å². The molecule has 1 saturated heterocycles. The summed E-state index contributed by atoms with van der Waals surface area (Å²) in [5, 5.41) is 3.47. The second-order valence-corrected chi connectivity index (χ2v) is 5.46. The molecular formula is C15H20ClN3O3. The summed E-state index contributed by atoms with van der Waals surface area (Å²) >= 11 is 5.79. The first kappa shape index (κ1) is 16.4. The summed E-state index contributed by atoms with van der Waals surface area (Å²) in [5.74, 6) is 0.769. The van der Waals surface area contributed by atoms with Crippen molar-refractivity contribution < 1.29 is 14.3 Å². The van der Waals surface area contributed by atoms with Crippen LogP contribution >= 0.6 is 11.6 Å². The molecule has 7 heteroatoms. The van der Waals surface area contributed by atoms with Gasteiger partial charge in [0, 0.05) is 38.1 Å². The number of nitrogens with zero attached hydrogens (tertiary/aromatic N) is 2. The lowest BCUT2D eigenvalue weighted by molar-refractivity contribution is -0.130. The maximum absolute atomic E-state index is 12.0. The highest BCUT2D eigenvalue weighted by molar-refractivity contribution is 6.30. The second kappa shape index (κ2) is 7.89. The molecule has 0 aliphatic carbocycles. The van der Waals surface area contributed by atoms with E-state index in [4.69, 9.17) is 16.3 Å². The zero-order valence-electron chi connectivity index (χ0n) is 12.5. The van der Waals surface area contributed by atoms with Gasteiger partial charge < -0.3 is 19.9 Å². The van der Waals surface area contributed by atoms with Crippen molar-refractivity contribution in [2.75, 3.05) is 39.3 Å². The van der Waals surface area contributed by atoms with E-state index in [1.165, 1.54) is 0 Å². The summed E-state index contributed by atoms with van der Waals surface area (Å²) in [6.45, 7) is 4.65. The van der Waals surface area contributed by atoms with E-state index < -0.39 is 0 Å². The lowest BCUT2D eigenvalue weighted by Crippen LogP contribution is -2.53. The third-order valence-electron chi connectivity index (χ3n) is 3.47. The smallest absolute Gasteiger partial charge is 0.317 e. The van der Waals surface area contributed by atoms with Crippen LogP contribution in [0.5, 0.6) is 5.75 Å². The van der Waals surface area contributed by atoms with Crippen LogP contribution in [0, 0.1) is 0 Å². The van der Waals surface area contributed by atoms with Gasteiger partial charge in [0.05, 0.1) is 6.54 Å². The Morgan fingerprint density at radius 1 is 1.14 bits per heavy atom. The quantitative estimate of drug-likeness (QED) is 0.855. The Hall–Kier alpha value is -1.95. The Balaban J connectivity index is 1.64. The van der Waals surface area contributed by atoms with Gasteiger partial charge in [-0.1, -0.05) is 11.6 Å². The SMILES string of the molecule is CC(=O)N1CCN(C(=O)NCCOc2ccc(Cl)cc2)CC1. The van der Waals surface area contributed by atoms with Gasteiger partial charge >= 0.3 is 6.03 Å². The minimum absolute atomic E-state index is 0.0522. The maximum atomic E-state index is 12.0. The number of amides is 3. The molecule has 6 nitrogen and oxygen atoms in total. The van der Waals surface area contributed by atoms with E-state index in [9.17, 15) is 9.59 Å². The molecular weight excluding hydrogens is 306 g/mol. The average Bonchev–Trinajstić information content (AvgIpc) is 2.53. The van der Waals surface area contributed by atoms with Crippen LogP contribution in [0.2, 0.25) is 5.02 Å². The molecule has 0 bridgehead atoms. The first-order chi connectivity index (χ1) is 10.6. The van der Waals surface area contributed by atoms with E-state index in [2.05, 4.69) is 5.32 Å². The summed E-state index contributed by atoms with van der Waals surface area (Å²) in [7, 11) is 0. The predicted molar refractivity (Wildman–Crippen MR) is 84.2 cm³/mol. The number of urea groups is 1. The van der Waals surface area contributed by atoms with Crippen molar-refractivity contribution in [1.82, 2.24) is 15.1 Å². The summed E-state index contributed by atoms with van der Waals surface area (Å²) in [6, 6.07) is 6.95. The van der Waals surface area contributed by atoms with Crippen molar-refractivity contribution in [3.8, 4) is 5.75 Å². The number of carbonyl (C=O) groups excluding carboxylic acids is 2. The monoisotopic (exact) mass is 325 g/mol. The van der Waals surface area contributed by atoms with Crippen molar-refractivity contribution in [1.29, 1.82) is 0 Å². The van der Waals surface area contributed by atoms with Crippen LogP contribution in [0.3, 0.4) is 0 Å². The van der Waals surface area contributed by atoms with Crippen molar-refractivity contribution in [2.24, 2.45) is 0 Å². The molecule has 0 atom stereocenters. The fourth-order valence-electron chi connectivity index (χ4n) is 2.19. The first-order valence-corrected chi connectivity index (χ1v) is 7.61. The molecule has 120 valence electrons. The molecule has 0 radical (unpaired) electrons. The van der Waals surface area contributed by atoms with Crippen molar-refractivity contribution in [3.05, 3.63) is 29.3 Å². The fourth-order valence-corrected chi connectivity index (χ4v) is 2.32. The van der Waals surface area contributed by atoms with Gasteiger partial charge in [-0.25, -0.2) is 4.79 Å². The third kappa shape index (κ3) is 4.80. The number of hydrogen-bond acceptors (Lipinski definition) is 3. The molecule has 1 aromatic carbocycles. The number of piperazine rings is 1. The van der Waals surface area contributed by atoms with Crippen molar-refractivity contribution in [2.45, 2.75) is 6.92 Å². The molecule has 0 saturated carbocycles. The highest BCUT2D eigenvalue weighted by Crippen LogP contribution is 2.15. The van der Waals surface area contributed by atoms with Crippen LogP contribution < -0.4 is 10.1 Å². The average molecular weight is 326 g/mol. The maximum Gasteiger partial charge on any atom is 0.317 e. The predicted octanol–water partition coefficient (Wildman–Crippen LogP) is 1.59. The highest BCUT2D eigenvalue weighted by atomic mass is 35.5. The summed E-state index contributed by atoms with van der Waals surface area (Å²) in [4.78, 5) is 26.6. The number of nitrogens with one attached hydrogen (secondary N) is 1. The fraction of sp³-hybridized carbons (Fsp3) is 0.467. The second-order valence-electron chi connectivity index (χ2n) is 5.03. The molecule has 2 rings (SSSR count). The van der Waals surface area contributed by atoms with Gasteiger partial charge in [0.1, 0.15) is 12.4 Å². The largest absolute Gasteiger partial charge is 0.492 e. The van der Waals surface area contributed by atoms with Crippen LogP contribution in [0.1, 0.15) is 6.92 Å². The Morgan fingerprint density at radius 2 is 1.73 bits per heavy atom. The van der Waals surface area contributed by atoms with E-state index in [1.54, 1.807) is 41.0 Å². The van der Waals surface area contributed by atoms with Gasteiger partial charge in [-0.2, -0.15) is 0 Å². The van der Waals surface area contributed by atoms with Crippen LogP contribution in [0.25, 0.3) is 0 Å². The molecule has 1 aliphatic heterocycles. The van der Waals surface area contributed by atoms with E-state index in [0.717, 1.165) is 0 Å². The zero-order chi connectivity index (χ0) is 15.9. The van der Waals surface area contributed by atoms with Gasteiger partial charge in [-0.05, 0) is 24.3 Å². The van der Waals surface area contributed by atoms with E-state index in [-0.39, 0.29) is 11.9 Å². The Morgan fingerprint density at radius 3 is 2.32 bits per heavy atom. The zero-order valence-corrected chi connectivity index (χ0v) is 13.3. The lowest BCUT2D eigenvalue weighted by atomic mass is 10.3. The van der Waals surface area contributed by atoms with Crippen LogP contribution in [0.4, 0.5) is 4.79 Å². The molecule has 1 N–H and O–H groups in total. The standard InChI is InChI=1S/C15H20ClN3O3/c1-12(20)18-7-9-19(10-8-18)15(21)17-6-11-22-14-4-2-13(16)3-5-14/h2-5H,6-11H2,1H3,(H,17,21). The van der Waals surface area contributed by atoms with Gasteiger partial charge in [0.2, 0.25) is 5.91 Å². The molecule has 1 heterocycles. The molecule has 1 fully saturated rings. The minimum atomic E-state index is -0.122. The summed E-state index contributed by atoms with van der Waals surface area (Å²) < 4.78 is 5.50. The van der Waals surface area contributed by atoms with Gasteiger partial charge in [0.15, 0.2) is 0 Å². The van der Waals surface area contributed by atoms with E-state index in [0.29, 0.717) is 50.1 Å². The van der Waals surface area contributed by atoms with Gasteiger partial charge in [-0.15, -0.1) is 0 Å². The Kier molecular flexibility index (Phi) is 5.89. The molecule has 0 unspecified atom stereocenters. The Labute approximate surface area is 135 Å².